The summed E-state index contributed by atoms with van der Waals surface area (Å²) in [5, 5.41) is 0. The van der Waals surface area contributed by atoms with Crippen molar-refractivity contribution in [1.29, 1.82) is 0 Å². The average Bonchev–Trinajstić information content (AvgIpc) is 2.62. The van der Waals surface area contributed by atoms with E-state index in [0.717, 1.165) is 27.9 Å². The Kier molecular flexibility index (Phi) is 3.10. The van der Waals surface area contributed by atoms with Gasteiger partial charge in [0, 0.05) is 23.2 Å². The number of hydrogen-bond acceptors (Lipinski definition) is 0. The third kappa shape index (κ3) is 3.19. The highest BCUT2D eigenvalue weighted by Gasteiger charge is 2.15. The van der Waals surface area contributed by atoms with Gasteiger partial charge in [0.15, 0.2) is 6.20 Å². The third-order valence-electron chi connectivity index (χ3n) is 4.19. The van der Waals surface area contributed by atoms with E-state index in [1.807, 2.05) is 42.1 Å². The van der Waals surface area contributed by atoms with Gasteiger partial charge < -0.3 is 0 Å². The largest absolute Gasteiger partial charge is 0.212 e. The molecule has 0 saturated carbocycles. The average molecular weight is 306 g/mol. The first-order chi connectivity index (χ1) is 12.6. The minimum atomic E-state index is -2.39. The lowest BCUT2D eigenvalue weighted by Gasteiger charge is -2.10. The maximum absolute atomic E-state index is 8.38. The Balaban J connectivity index is 2.08. The number of pyridine rings is 1. The maximum Gasteiger partial charge on any atom is 0.212 e. The zero-order chi connectivity index (χ0) is 19.8. The van der Waals surface area contributed by atoms with E-state index in [2.05, 4.69) is 37.3 Å². The topological polar surface area (TPSA) is 3.88 Å². The van der Waals surface area contributed by atoms with Crippen LogP contribution >= 0.6 is 0 Å². The zero-order valence-corrected chi connectivity index (χ0v) is 13.8. The molecule has 0 N–H and O–H groups in total. The smallest absolute Gasteiger partial charge is 0.201 e. The standard InChI is InChI=1S/C22H24N/c1-16(2)19-12-13-23(4)22(15-19)21-11-10-20(14-17(21)3)18-8-6-5-7-9-18/h5-16H,1-4H3/q+1/i1D3,16D. The molecule has 2 aromatic carbocycles. The predicted molar refractivity (Wildman–Crippen MR) is 97.3 cm³/mol. The zero-order valence-electron chi connectivity index (χ0n) is 17.8. The summed E-state index contributed by atoms with van der Waals surface area (Å²) in [6.07, 6.45) is 1.83. The van der Waals surface area contributed by atoms with Crippen molar-refractivity contribution in [1.82, 2.24) is 0 Å². The van der Waals surface area contributed by atoms with Crippen molar-refractivity contribution in [2.24, 2.45) is 7.05 Å². The van der Waals surface area contributed by atoms with Crippen molar-refractivity contribution in [2.75, 3.05) is 0 Å². The normalized spacial score (nSPS) is 16.7. The quantitative estimate of drug-likeness (QED) is 0.580. The van der Waals surface area contributed by atoms with Gasteiger partial charge in [0.05, 0.1) is 0 Å². The van der Waals surface area contributed by atoms with Gasteiger partial charge in [-0.05, 0) is 41.1 Å². The number of benzene rings is 2. The predicted octanol–water partition coefficient (Wildman–Crippen LogP) is 5.28. The minimum absolute atomic E-state index is 0.488. The Morgan fingerprint density at radius 2 is 1.78 bits per heavy atom. The van der Waals surface area contributed by atoms with Gasteiger partial charge >= 0.3 is 0 Å². The van der Waals surface area contributed by atoms with Crippen LogP contribution in [0.2, 0.25) is 0 Å². The molecule has 1 atom stereocenters. The summed E-state index contributed by atoms with van der Waals surface area (Å²) in [6, 6.07) is 20.0. The first kappa shape index (κ1) is 11.2. The Hall–Kier alpha value is -2.41. The van der Waals surface area contributed by atoms with E-state index in [-0.39, 0.29) is 0 Å². The monoisotopic (exact) mass is 306 g/mol. The first-order valence-electron chi connectivity index (χ1n) is 9.78. The molecule has 0 saturated heterocycles. The van der Waals surface area contributed by atoms with E-state index in [0.29, 0.717) is 5.56 Å². The number of nitrogens with zero attached hydrogens (tertiary/aromatic N) is 1. The Bertz CT molecular complexity index is 960. The van der Waals surface area contributed by atoms with Crippen molar-refractivity contribution >= 4 is 0 Å². The summed E-state index contributed by atoms with van der Waals surface area (Å²) in [7, 11) is 1.93. The van der Waals surface area contributed by atoms with Gasteiger partial charge in [-0.2, -0.15) is 0 Å². The van der Waals surface area contributed by atoms with Crippen molar-refractivity contribution in [3.05, 3.63) is 78.0 Å². The van der Waals surface area contributed by atoms with Crippen LogP contribution in [0.15, 0.2) is 66.9 Å². The van der Waals surface area contributed by atoms with E-state index < -0.39 is 12.7 Å². The van der Waals surface area contributed by atoms with Crippen LogP contribution in [0.1, 0.15) is 36.3 Å². The molecule has 0 fully saturated rings. The number of rotatable bonds is 3. The highest BCUT2D eigenvalue weighted by molar-refractivity contribution is 5.71. The number of hydrogen-bond donors (Lipinski definition) is 0. The molecule has 0 amide bonds. The summed E-state index contributed by atoms with van der Waals surface area (Å²) >= 11 is 0. The molecular formula is C22H24N+. The van der Waals surface area contributed by atoms with Crippen LogP contribution < -0.4 is 4.57 Å². The second-order valence-electron chi connectivity index (χ2n) is 5.93. The van der Waals surface area contributed by atoms with Gasteiger partial charge in [0.25, 0.3) is 0 Å². The van der Waals surface area contributed by atoms with E-state index in [1.165, 1.54) is 6.92 Å². The molecule has 3 rings (SSSR count). The summed E-state index contributed by atoms with van der Waals surface area (Å²) in [4.78, 5) is 0. The third-order valence-corrected chi connectivity index (χ3v) is 4.19. The molecule has 1 heterocycles. The van der Waals surface area contributed by atoms with Crippen LogP contribution in [-0.4, -0.2) is 0 Å². The molecule has 1 nitrogen and oxygen atoms in total. The summed E-state index contributed by atoms with van der Waals surface area (Å²) in [5.41, 5.74) is 5.81. The van der Waals surface area contributed by atoms with Gasteiger partial charge in [-0.1, -0.05) is 56.2 Å². The van der Waals surface area contributed by atoms with Crippen molar-refractivity contribution in [3.63, 3.8) is 0 Å². The van der Waals surface area contributed by atoms with Crippen LogP contribution in [0, 0.1) is 6.92 Å². The maximum atomic E-state index is 8.38. The van der Waals surface area contributed by atoms with Crippen molar-refractivity contribution in [3.8, 4) is 22.4 Å². The summed E-state index contributed by atoms with van der Waals surface area (Å²) in [5.74, 6) is -1.66. The molecule has 0 aliphatic rings. The second-order valence-corrected chi connectivity index (χ2v) is 5.93. The molecule has 0 aliphatic heterocycles. The fourth-order valence-corrected chi connectivity index (χ4v) is 2.83. The molecule has 116 valence electrons. The number of aromatic nitrogens is 1. The molecule has 0 radical (unpaired) electrons. The Labute approximate surface area is 144 Å². The highest BCUT2D eigenvalue weighted by Crippen LogP contribution is 2.28. The summed E-state index contributed by atoms with van der Waals surface area (Å²) in [6.45, 7) is 1.11. The van der Waals surface area contributed by atoms with Crippen LogP contribution in [0.5, 0.6) is 0 Å². The highest BCUT2D eigenvalue weighted by atomic mass is 14.9. The van der Waals surface area contributed by atoms with Gasteiger partial charge in [-0.3, -0.25) is 0 Å². The van der Waals surface area contributed by atoms with Crippen molar-refractivity contribution < 1.29 is 10.1 Å². The second kappa shape index (κ2) is 6.37. The molecule has 0 bridgehead atoms. The number of aryl methyl sites for hydroxylation is 2. The van der Waals surface area contributed by atoms with Crippen LogP contribution in [0.25, 0.3) is 22.4 Å². The lowest BCUT2D eigenvalue weighted by molar-refractivity contribution is -0.660. The van der Waals surface area contributed by atoms with Gasteiger partial charge in [0.2, 0.25) is 5.69 Å². The van der Waals surface area contributed by atoms with Crippen LogP contribution in [0.3, 0.4) is 0 Å². The first-order valence-corrected chi connectivity index (χ1v) is 7.78. The molecule has 1 heteroatoms. The lowest BCUT2D eigenvalue weighted by Crippen LogP contribution is -2.30. The fraction of sp³-hybridized carbons (Fsp3) is 0.227. The van der Waals surface area contributed by atoms with E-state index in [9.17, 15) is 0 Å². The molecular weight excluding hydrogens is 278 g/mol. The Morgan fingerprint density at radius 3 is 2.48 bits per heavy atom. The van der Waals surface area contributed by atoms with E-state index >= 15 is 0 Å². The molecule has 1 aromatic heterocycles. The Morgan fingerprint density at radius 1 is 1.00 bits per heavy atom. The minimum Gasteiger partial charge on any atom is -0.201 e. The fourth-order valence-electron chi connectivity index (χ4n) is 2.83. The summed E-state index contributed by atoms with van der Waals surface area (Å²) < 4.78 is 33.5. The van der Waals surface area contributed by atoms with E-state index in [1.54, 1.807) is 6.07 Å². The van der Waals surface area contributed by atoms with Crippen LogP contribution in [-0.2, 0) is 7.05 Å². The van der Waals surface area contributed by atoms with E-state index in [4.69, 9.17) is 5.48 Å². The van der Waals surface area contributed by atoms with Crippen LogP contribution in [0.4, 0.5) is 0 Å². The molecule has 0 aliphatic carbocycles. The van der Waals surface area contributed by atoms with Crippen molar-refractivity contribution in [2.45, 2.75) is 26.6 Å². The van der Waals surface area contributed by atoms with Gasteiger partial charge in [-0.15, -0.1) is 0 Å². The molecule has 3 aromatic rings. The van der Waals surface area contributed by atoms with Gasteiger partial charge in [-0.25, -0.2) is 4.57 Å². The molecule has 0 spiro atoms. The lowest BCUT2D eigenvalue weighted by atomic mass is 9.96. The SMILES string of the molecule is [2H]C([2H])([2H])C([2H])(C)c1cc[n+](C)c(-c2ccc(-c3ccccc3)cc2C)c1. The molecule has 1 unspecified atom stereocenters. The molecule has 23 heavy (non-hydrogen) atoms. The van der Waals surface area contributed by atoms with Gasteiger partial charge in [0.1, 0.15) is 7.05 Å².